The minimum Gasteiger partial charge on any atom is -0.385 e. The molecule has 0 radical (unpaired) electrons. The molecule has 2 atom stereocenters. The lowest BCUT2D eigenvalue weighted by Gasteiger charge is -2.32. The number of hydrogen-bond donors (Lipinski definition) is 0. The molecule has 110 valence electrons. The van der Waals surface area contributed by atoms with Crippen molar-refractivity contribution in [3.8, 4) is 0 Å². The Labute approximate surface area is 125 Å². The first-order valence-corrected chi connectivity index (χ1v) is 7.87. The number of hydrogen-bond acceptors (Lipinski definition) is 4. The minimum atomic E-state index is 0.600. The highest BCUT2D eigenvalue weighted by Gasteiger charge is 2.43. The Bertz CT molecular complexity index is 431. The third-order valence-corrected chi connectivity index (χ3v) is 4.90. The van der Waals surface area contributed by atoms with E-state index in [0.29, 0.717) is 5.02 Å². The predicted octanol–water partition coefficient (Wildman–Crippen LogP) is 3.02. The van der Waals surface area contributed by atoms with Gasteiger partial charge in [0.1, 0.15) is 0 Å². The van der Waals surface area contributed by atoms with Crippen molar-refractivity contribution < 1.29 is 4.74 Å². The Balaban J connectivity index is 1.47. The Morgan fingerprint density at radius 1 is 1.30 bits per heavy atom. The SMILES string of the molecule is COCC[C@@H]1C[C@@H]1C1CCN(c2ncc(Cl)cn2)CC1. The molecule has 5 heteroatoms. The van der Waals surface area contributed by atoms with Crippen LogP contribution in [0.4, 0.5) is 5.95 Å². The van der Waals surface area contributed by atoms with E-state index in [-0.39, 0.29) is 0 Å². The van der Waals surface area contributed by atoms with E-state index in [1.165, 1.54) is 25.7 Å². The van der Waals surface area contributed by atoms with Gasteiger partial charge in [0.15, 0.2) is 0 Å². The minimum absolute atomic E-state index is 0.600. The Hall–Kier alpha value is -0.870. The lowest BCUT2D eigenvalue weighted by Crippen LogP contribution is -2.35. The molecule has 0 spiro atoms. The van der Waals surface area contributed by atoms with Crippen LogP contribution < -0.4 is 4.90 Å². The maximum absolute atomic E-state index is 5.83. The van der Waals surface area contributed by atoms with Gasteiger partial charge in [-0.25, -0.2) is 9.97 Å². The van der Waals surface area contributed by atoms with E-state index >= 15 is 0 Å². The van der Waals surface area contributed by atoms with Gasteiger partial charge in [0.05, 0.1) is 17.4 Å². The third-order valence-electron chi connectivity index (χ3n) is 4.70. The highest BCUT2D eigenvalue weighted by Crippen LogP contribution is 2.49. The highest BCUT2D eigenvalue weighted by atomic mass is 35.5. The van der Waals surface area contributed by atoms with Gasteiger partial charge in [-0.15, -0.1) is 0 Å². The molecule has 1 aliphatic heterocycles. The lowest BCUT2D eigenvalue weighted by molar-refractivity contribution is 0.185. The van der Waals surface area contributed by atoms with Gasteiger partial charge >= 0.3 is 0 Å². The summed E-state index contributed by atoms with van der Waals surface area (Å²) in [5, 5.41) is 0.600. The van der Waals surface area contributed by atoms with Crippen LogP contribution in [-0.2, 0) is 4.74 Å². The second-order valence-corrected chi connectivity index (χ2v) is 6.40. The molecule has 0 aromatic carbocycles. The average Bonchev–Trinajstić information content (AvgIpc) is 3.26. The van der Waals surface area contributed by atoms with Crippen LogP contribution in [0.2, 0.25) is 5.02 Å². The molecule has 0 unspecified atom stereocenters. The molecule has 20 heavy (non-hydrogen) atoms. The van der Waals surface area contributed by atoms with Gasteiger partial charge in [0.2, 0.25) is 5.95 Å². The van der Waals surface area contributed by atoms with Gasteiger partial charge in [-0.1, -0.05) is 11.6 Å². The summed E-state index contributed by atoms with van der Waals surface area (Å²) in [5.74, 6) is 3.57. The molecular formula is C15H22ClN3O. The first kappa shape index (κ1) is 14.1. The first-order chi connectivity index (χ1) is 9.78. The van der Waals surface area contributed by atoms with E-state index in [0.717, 1.165) is 43.4 Å². The van der Waals surface area contributed by atoms with E-state index < -0.39 is 0 Å². The zero-order chi connectivity index (χ0) is 13.9. The molecule has 0 bridgehead atoms. The normalized spacial score (nSPS) is 26.8. The van der Waals surface area contributed by atoms with E-state index in [2.05, 4.69) is 14.9 Å². The number of piperidine rings is 1. The molecule has 2 fully saturated rings. The van der Waals surface area contributed by atoms with Gasteiger partial charge < -0.3 is 9.64 Å². The predicted molar refractivity (Wildman–Crippen MR) is 80.1 cm³/mol. The van der Waals surface area contributed by atoms with Crippen molar-refractivity contribution in [1.82, 2.24) is 9.97 Å². The number of nitrogens with zero attached hydrogens (tertiary/aromatic N) is 3. The summed E-state index contributed by atoms with van der Waals surface area (Å²) in [7, 11) is 1.79. The monoisotopic (exact) mass is 295 g/mol. The maximum atomic E-state index is 5.83. The Kier molecular flexibility index (Phi) is 4.41. The summed E-state index contributed by atoms with van der Waals surface area (Å²) in [6, 6.07) is 0. The average molecular weight is 296 g/mol. The van der Waals surface area contributed by atoms with Crippen molar-refractivity contribution in [1.29, 1.82) is 0 Å². The molecule has 1 aliphatic carbocycles. The van der Waals surface area contributed by atoms with Gasteiger partial charge in [-0.3, -0.25) is 0 Å². The third kappa shape index (κ3) is 3.23. The number of aromatic nitrogens is 2. The highest BCUT2D eigenvalue weighted by molar-refractivity contribution is 6.30. The van der Waals surface area contributed by atoms with Crippen molar-refractivity contribution in [2.75, 3.05) is 31.7 Å². The number of halogens is 1. The van der Waals surface area contributed by atoms with Crippen LogP contribution in [0.1, 0.15) is 25.7 Å². The van der Waals surface area contributed by atoms with Crippen molar-refractivity contribution >= 4 is 17.5 Å². The summed E-state index contributed by atoms with van der Waals surface area (Å²) in [6.45, 7) is 3.05. The van der Waals surface area contributed by atoms with Crippen molar-refractivity contribution in [3.05, 3.63) is 17.4 Å². The van der Waals surface area contributed by atoms with E-state index in [1.807, 2.05) is 0 Å². The smallest absolute Gasteiger partial charge is 0.225 e. The summed E-state index contributed by atoms with van der Waals surface area (Å²) in [5.41, 5.74) is 0. The van der Waals surface area contributed by atoms with Crippen molar-refractivity contribution in [3.63, 3.8) is 0 Å². The van der Waals surface area contributed by atoms with Gasteiger partial charge in [-0.05, 0) is 43.4 Å². The van der Waals surface area contributed by atoms with Crippen LogP contribution >= 0.6 is 11.6 Å². The number of ether oxygens (including phenoxy) is 1. The number of methoxy groups -OCH3 is 1. The summed E-state index contributed by atoms with van der Waals surface area (Å²) in [4.78, 5) is 10.9. The van der Waals surface area contributed by atoms with Crippen LogP contribution in [-0.4, -0.2) is 36.8 Å². The summed E-state index contributed by atoms with van der Waals surface area (Å²) in [6.07, 6.45) is 8.53. The second-order valence-electron chi connectivity index (χ2n) is 5.97. The van der Waals surface area contributed by atoms with E-state index in [9.17, 15) is 0 Å². The fourth-order valence-corrected chi connectivity index (χ4v) is 3.54. The molecule has 1 aromatic rings. The van der Waals surface area contributed by atoms with Crippen LogP contribution in [0.3, 0.4) is 0 Å². The second kappa shape index (κ2) is 6.27. The number of anilines is 1. The zero-order valence-electron chi connectivity index (χ0n) is 12.0. The molecule has 1 saturated heterocycles. The topological polar surface area (TPSA) is 38.2 Å². The quantitative estimate of drug-likeness (QED) is 0.837. The fourth-order valence-electron chi connectivity index (χ4n) is 3.45. The molecule has 3 rings (SSSR count). The van der Waals surface area contributed by atoms with Crippen molar-refractivity contribution in [2.24, 2.45) is 17.8 Å². The molecule has 4 nitrogen and oxygen atoms in total. The summed E-state index contributed by atoms with van der Waals surface area (Å²) < 4.78 is 5.18. The summed E-state index contributed by atoms with van der Waals surface area (Å²) >= 11 is 5.83. The van der Waals surface area contributed by atoms with E-state index in [4.69, 9.17) is 16.3 Å². The van der Waals surface area contributed by atoms with Crippen LogP contribution in [0, 0.1) is 17.8 Å². The molecular weight excluding hydrogens is 274 g/mol. The van der Waals surface area contributed by atoms with E-state index in [1.54, 1.807) is 19.5 Å². The zero-order valence-corrected chi connectivity index (χ0v) is 12.7. The maximum Gasteiger partial charge on any atom is 0.225 e. The molecule has 0 N–H and O–H groups in total. The van der Waals surface area contributed by atoms with Crippen LogP contribution in [0.15, 0.2) is 12.4 Å². The molecule has 2 heterocycles. The fraction of sp³-hybridized carbons (Fsp3) is 0.733. The Morgan fingerprint density at radius 2 is 2.00 bits per heavy atom. The standard InChI is InChI=1S/C15H22ClN3O/c1-20-7-4-12-8-14(12)11-2-5-19(6-3-11)15-17-9-13(16)10-18-15/h9-12,14H,2-8H2,1H3/t12-,14-/m1/s1. The molecule has 0 amide bonds. The van der Waals surface area contributed by atoms with Gasteiger partial charge in [0, 0.05) is 26.8 Å². The first-order valence-electron chi connectivity index (χ1n) is 7.49. The lowest BCUT2D eigenvalue weighted by atomic mass is 9.90. The van der Waals surface area contributed by atoms with Crippen molar-refractivity contribution in [2.45, 2.75) is 25.7 Å². The number of rotatable bonds is 5. The largest absolute Gasteiger partial charge is 0.385 e. The molecule has 1 aromatic heterocycles. The van der Waals surface area contributed by atoms with Gasteiger partial charge in [0.25, 0.3) is 0 Å². The molecule has 2 aliphatic rings. The molecule has 1 saturated carbocycles. The van der Waals surface area contributed by atoms with Crippen LogP contribution in [0.5, 0.6) is 0 Å². The van der Waals surface area contributed by atoms with Gasteiger partial charge in [-0.2, -0.15) is 0 Å². The van der Waals surface area contributed by atoms with Crippen LogP contribution in [0.25, 0.3) is 0 Å². The Morgan fingerprint density at radius 3 is 2.65 bits per heavy atom.